The van der Waals surface area contributed by atoms with Gasteiger partial charge in [0.25, 0.3) is 11.6 Å². The number of nitrogens with one attached hydrogen (secondary N) is 1. The fourth-order valence-corrected chi connectivity index (χ4v) is 3.13. The number of carbonyl (C=O) groups excluding carboxylic acids is 1. The van der Waals surface area contributed by atoms with Gasteiger partial charge in [-0.3, -0.25) is 14.9 Å². The normalized spacial score (nSPS) is 20.5. The molecule has 24 heavy (non-hydrogen) atoms. The minimum absolute atomic E-state index is 0.0227. The van der Waals surface area contributed by atoms with Crippen molar-refractivity contribution in [2.75, 3.05) is 0 Å². The minimum atomic E-state index is -0.448. The van der Waals surface area contributed by atoms with Crippen LogP contribution in [0, 0.1) is 16.0 Å². The van der Waals surface area contributed by atoms with E-state index >= 15 is 0 Å². The van der Waals surface area contributed by atoms with Crippen LogP contribution in [-0.4, -0.2) is 16.9 Å². The smallest absolute Gasteiger partial charge is 0.287 e. The van der Waals surface area contributed by atoms with Crippen molar-refractivity contribution in [2.24, 2.45) is 5.92 Å². The Bertz CT molecular complexity index is 736. The molecule has 1 aromatic carbocycles. The van der Waals surface area contributed by atoms with Gasteiger partial charge >= 0.3 is 0 Å². The van der Waals surface area contributed by atoms with Gasteiger partial charge in [0.1, 0.15) is 5.76 Å². The van der Waals surface area contributed by atoms with Crippen molar-refractivity contribution >= 4 is 11.6 Å². The number of nitro groups is 1. The highest BCUT2D eigenvalue weighted by molar-refractivity contribution is 5.92. The lowest BCUT2D eigenvalue weighted by Gasteiger charge is -2.29. The van der Waals surface area contributed by atoms with Crippen molar-refractivity contribution in [3.63, 3.8) is 0 Å². The molecule has 0 aliphatic heterocycles. The Balaban J connectivity index is 1.70. The quantitative estimate of drug-likeness (QED) is 0.674. The zero-order valence-electron chi connectivity index (χ0n) is 13.5. The number of rotatable bonds is 4. The second-order valence-electron chi connectivity index (χ2n) is 6.31. The Morgan fingerprint density at radius 2 is 1.88 bits per heavy atom. The summed E-state index contributed by atoms with van der Waals surface area (Å²) in [5.74, 6) is 1.06. The summed E-state index contributed by atoms with van der Waals surface area (Å²) in [5, 5.41) is 13.7. The Hall–Kier alpha value is -2.63. The van der Waals surface area contributed by atoms with Gasteiger partial charge in [0.15, 0.2) is 5.76 Å². The van der Waals surface area contributed by atoms with Crippen molar-refractivity contribution in [3.8, 4) is 11.3 Å². The zero-order chi connectivity index (χ0) is 17.1. The predicted molar refractivity (Wildman–Crippen MR) is 89.7 cm³/mol. The van der Waals surface area contributed by atoms with Crippen molar-refractivity contribution in [1.82, 2.24) is 5.32 Å². The van der Waals surface area contributed by atoms with Crippen LogP contribution in [-0.2, 0) is 0 Å². The maximum atomic E-state index is 12.4. The number of furan rings is 1. The maximum absolute atomic E-state index is 12.4. The van der Waals surface area contributed by atoms with Crippen LogP contribution >= 0.6 is 0 Å². The third kappa shape index (κ3) is 3.48. The van der Waals surface area contributed by atoms with Crippen molar-refractivity contribution in [2.45, 2.75) is 38.6 Å². The summed E-state index contributed by atoms with van der Waals surface area (Å²) in [6, 6.07) is 9.60. The standard InChI is InChI=1S/C18H20N2O4/c1-12-4-2-3-5-15(12)19-18(21)17-11-10-16(24-17)13-6-8-14(9-7-13)20(22)23/h6-12,15H,2-5H2,1H3,(H,19,21). The molecule has 3 rings (SSSR count). The molecule has 0 radical (unpaired) electrons. The summed E-state index contributed by atoms with van der Waals surface area (Å²) in [6.45, 7) is 2.16. The summed E-state index contributed by atoms with van der Waals surface area (Å²) in [7, 11) is 0. The van der Waals surface area contributed by atoms with Gasteiger partial charge in [-0.05, 0) is 43.0 Å². The predicted octanol–water partition coefficient (Wildman–Crippen LogP) is 4.16. The molecular formula is C18H20N2O4. The van der Waals surface area contributed by atoms with E-state index in [1.165, 1.54) is 18.6 Å². The van der Waals surface area contributed by atoms with E-state index in [9.17, 15) is 14.9 Å². The lowest BCUT2D eigenvalue weighted by molar-refractivity contribution is -0.384. The molecular weight excluding hydrogens is 308 g/mol. The number of benzene rings is 1. The summed E-state index contributed by atoms with van der Waals surface area (Å²) in [6.07, 6.45) is 4.50. The Kier molecular flexibility index (Phi) is 4.64. The van der Waals surface area contributed by atoms with Gasteiger partial charge < -0.3 is 9.73 Å². The van der Waals surface area contributed by atoms with Crippen molar-refractivity contribution in [1.29, 1.82) is 0 Å². The first-order valence-electron chi connectivity index (χ1n) is 8.20. The second kappa shape index (κ2) is 6.86. The average Bonchev–Trinajstić information content (AvgIpc) is 3.07. The van der Waals surface area contributed by atoms with E-state index in [4.69, 9.17) is 4.42 Å². The number of amides is 1. The van der Waals surface area contributed by atoms with E-state index in [0.717, 1.165) is 19.3 Å². The molecule has 1 fully saturated rings. The molecule has 1 amide bonds. The zero-order valence-corrected chi connectivity index (χ0v) is 13.5. The maximum Gasteiger partial charge on any atom is 0.287 e. The largest absolute Gasteiger partial charge is 0.451 e. The van der Waals surface area contributed by atoms with E-state index in [1.54, 1.807) is 24.3 Å². The van der Waals surface area contributed by atoms with Gasteiger partial charge in [-0.25, -0.2) is 0 Å². The first kappa shape index (κ1) is 16.2. The number of nitro benzene ring substituents is 1. The molecule has 126 valence electrons. The van der Waals surface area contributed by atoms with Crippen LogP contribution in [0.1, 0.15) is 43.2 Å². The first-order chi connectivity index (χ1) is 11.5. The molecule has 1 aliphatic rings. The highest BCUT2D eigenvalue weighted by Gasteiger charge is 2.24. The lowest BCUT2D eigenvalue weighted by Crippen LogP contribution is -2.40. The molecule has 6 nitrogen and oxygen atoms in total. The van der Waals surface area contributed by atoms with Gasteiger partial charge in [-0.2, -0.15) is 0 Å². The number of nitrogens with zero attached hydrogens (tertiary/aromatic N) is 1. The molecule has 2 unspecified atom stereocenters. The average molecular weight is 328 g/mol. The van der Waals surface area contributed by atoms with Crippen LogP contribution in [0.4, 0.5) is 5.69 Å². The third-order valence-electron chi connectivity index (χ3n) is 4.62. The molecule has 2 aromatic rings. The minimum Gasteiger partial charge on any atom is -0.451 e. The van der Waals surface area contributed by atoms with E-state index in [0.29, 0.717) is 17.2 Å². The molecule has 0 saturated heterocycles. The van der Waals surface area contributed by atoms with Gasteiger partial charge in [0.2, 0.25) is 0 Å². The van der Waals surface area contributed by atoms with E-state index in [2.05, 4.69) is 12.2 Å². The fraction of sp³-hybridized carbons (Fsp3) is 0.389. The molecule has 6 heteroatoms. The number of non-ortho nitro benzene ring substituents is 1. The van der Waals surface area contributed by atoms with Gasteiger partial charge in [0, 0.05) is 23.7 Å². The summed E-state index contributed by atoms with van der Waals surface area (Å²) >= 11 is 0. The van der Waals surface area contributed by atoms with Crippen LogP contribution in [0.5, 0.6) is 0 Å². The van der Waals surface area contributed by atoms with Gasteiger partial charge in [0.05, 0.1) is 4.92 Å². The molecule has 1 aliphatic carbocycles. The number of carbonyl (C=O) groups is 1. The highest BCUT2D eigenvalue weighted by atomic mass is 16.6. The monoisotopic (exact) mass is 328 g/mol. The summed E-state index contributed by atoms with van der Waals surface area (Å²) in [4.78, 5) is 22.6. The van der Waals surface area contributed by atoms with E-state index in [-0.39, 0.29) is 23.4 Å². The van der Waals surface area contributed by atoms with Gasteiger partial charge in [-0.15, -0.1) is 0 Å². The van der Waals surface area contributed by atoms with Gasteiger partial charge in [-0.1, -0.05) is 19.8 Å². The van der Waals surface area contributed by atoms with E-state index < -0.39 is 4.92 Å². The summed E-state index contributed by atoms with van der Waals surface area (Å²) < 4.78 is 5.63. The van der Waals surface area contributed by atoms with Crippen LogP contribution in [0.2, 0.25) is 0 Å². The van der Waals surface area contributed by atoms with Crippen LogP contribution < -0.4 is 5.32 Å². The molecule has 0 bridgehead atoms. The van der Waals surface area contributed by atoms with Crippen LogP contribution in [0.3, 0.4) is 0 Å². The third-order valence-corrected chi connectivity index (χ3v) is 4.62. The number of hydrogen-bond donors (Lipinski definition) is 1. The fourth-order valence-electron chi connectivity index (χ4n) is 3.13. The highest BCUT2D eigenvalue weighted by Crippen LogP contribution is 2.26. The Morgan fingerprint density at radius 3 is 2.54 bits per heavy atom. The molecule has 1 saturated carbocycles. The molecule has 1 heterocycles. The number of hydrogen-bond acceptors (Lipinski definition) is 4. The van der Waals surface area contributed by atoms with Crippen molar-refractivity contribution < 1.29 is 14.1 Å². The molecule has 1 N–H and O–H groups in total. The second-order valence-corrected chi connectivity index (χ2v) is 6.31. The van der Waals surface area contributed by atoms with Crippen LogP contribution in [0.15, 0.2) is 40.8 Å². The SMILES string of the molecule is CC1CCCCC1NC(=O)c1ccc(-c2ccc([N+](=O)[O-])cc2)o1. The van der Waals surface area contributed by atoms with Crippen molar-refractivity contribution in [3.05, 3.63) is 52.3 Å². The topological polar surface area (TPSA) is 85.4 Å². The Labute approximate surface area is 140 Å². The van der Waals surface area contributed by atoms with E-state index in [1.807, 2.05) is 0 Å². The Morgan fingerprint density at radius 1 is 1.17 bits per heavy atom. The molecule has 2 atom stereocenters. The molecule has 0 spiro atoms. The van der Waals surface area contributed by atoms with Crippen LogP contribution in [0.25, 0.3) is 11.3 Å². The lowest BCUT2D eigenvalue weighted by atomic mass is 9.86. The first-order valence-corrected chi connectivity index (χ1v) is 8.20. The summed E-state index contributed by atoms with van der Waals surface area (Å²) in [5.41, 5.74) is 0.722. The molecule has 1 aromatic heterocycles.